The van der Waals surface area contributed by atoms with E-state index in [1.807, 2.05) is 52.0 Å². The molecule has 196 valence electrons. The Morgan fingerprint density at radius 2 is 1.50 bits per heavy atom. The molecule has 2 aliphatic rings. The largest absolute Gasteiger partial charge is 0.494 e. The summed E-state index contributed by atoms with van der Waals surface area (Å²) in [5, 5.41) is 12.3. The smallest absolute Gasteiger partial charge is 0.481 e. The van der Waals surface area contributed by atoms with E-state index in [0.717, 1.165) is 22.3 Å². The molecule has 1 aliphatic heterocycles. The van der Waals surface area contributed by atoms with Crippen LogP contribution in [0.3, 0.4) is 0 Å². The average Bonchev–Trinajstić information content (AvgIpc) is 3.29. The van der Waals surface area contributed by atoms with Crippen LogP contribution in [0.5, 0.6) is 0 Å². The molecule has 3 aromatic rings. The Hall–Kier alpha value is -3.62. The molecule has 0 spiro atoms. The summed E-state index contributed by atoms with van der Waals surface area (Å²) in [6, 6.07) is 19.9. The Labute approximate surface area is 223 Å². The third-order valence-corrected chi connectivity index (χ3v) is 7.99. The summed E-state index contributed by atoms with van der Waals surface area (Å²) in [5.74, 6) is -1.03. The first-order valence-electron chi connectivity index (χ1n) is 12.8. The topological polar surface area (TPSA) is 94.1 Å². The third kappa shape index (κ3) is 4.70. The Bertz CT molecular complexity index is 1350. The van der Waals surface area contributed by atoms with Crippen molar-refractivity contribution in [1.82, 2.24) is 0 Å². The van der Waals surface area contributed by atoms with Gasteiger partial charge >= 0.3 is 19.2 Å². The van der Waals surface area contributed by atoms with Crippen LogP contribution in [0.1, 0.15) is 55.9 Å². The molecule has 1 heterocycles. The predicted octanol–water partition coefficient (Wildman–Crippen LogP) is 5.28. The van der Waals surface area contributed by atoms with Crippen molar-refractivity contribution in [3.8, 4) is 11.1 Å². The molecule has 0 unspecified atom stereocenters. The van der Waals surface area contributed by atoms with Crippen LogP contribution in [-0.2, 0) is 25.3 Å². The lowest BCUT2D eigenvalue weighted by molar-refractivity contribution is -0.136. The number of hydrogen-bond acceptors (Lipinski definition) is 5. The molecule has 3 aromatic carbocycles. The third-order valence-electron chi connectivity index (χ3n) is 7.99. The number of carbonyl (C=O) groups is 2. The van der Waals surface area contributed by atoms with Gasteiger partial charge in [-0.15, -0.1) is 0 Å². The zero-order chi connectivity index (χ0) is 27.2. The van der Waals surface area contributed by atoms with Crippen molar-refractivity contribution in [3.63, 3.8) is 0 Å². The summed E-state index contributed by atoms with van der Waals surface area (Å²) >= 11 is 0. The fourth-order valence-electron chi connectivity index (χ4n) is 5.14. The minimum absolute atomic E-state index is 0.0621. The van der Waals surface area contributed by atoms with Gasteiger partial charge in [-0.25, -0.2) is 4.79 Å². The van der Waals surface area contributed by atoms with Crippen molar-refractivity contribution in [2.45, 2.75) is 58.2 Å². The van der Waals surface area contributed by atoms with E-state index in [9.17, 15) is 14.7 Å². The zero-order valence-corrected chi connectivity index (χ0v) is 22.3. The molecule has 1 saturated heterocycles. The van der Waals surface area contributed by atoms with E-state index >= 15 is 0 Å². The van der Waals surface area contributed by atoms with Crippen molar-refractivity contribution in [3.05, 3.63) is 82.9 Å². The second-order valence-corrected chi connectivity index (χ2v) is 11.0. The number of carboxylic acids is 1. The Morgan fingerprint density at radius 1 is 0.947 bits per heavy atom. The number of amides is 1. The molecule has 0 atom stereocenters. The Morgan fingerprint density at radius 3 is 2.05 bits per heavy atom. The predicted molar refractivity (Wildman–Crippen MR) is 147 cm³/mol. The number of rotatable bonds is 6. The number of ether oxygens (including phenoxy) is 1. The van der Waals surface area contributed by atoms with E-state index in [0.29, 0.717) is 22.3 Å². The van der Waals surface area contributed by atoms with Crippen LogP contribution in [0.2, 0.25) is 0 Å². The van der Waals surface area contributed by atoms with Gasteiger partial charge in [-0.1, -0.05) is 54.6 Å². The first kappa shape index (κ1) is 26.0. The molecule has 1 amide bonds. The highest BCUT2D eigenvalue weighted by molar-refractivity contribution is 6.62. The highest BCUT2D eigenvalue weighted by atomic mass is 16.7. The van der Waals surface area contributed by atoms with Gasteiger partial charge in [-0.3, -0.25) is 10.1 Å². The molecule has 0 bridgehead atoms. The van der Waals surface area contributed by atoms with Gasteiger partial charge in [0.2, 0.25) is 0 Å². The highest BCUT2D eigenvalue weighted by Crippen LogP contribution is 2.44. The quantitative estimate of drug-likeness (QED) is 0.436. The van der Waals surface area contributed by atoms with E-state index in [-0.39, 0.29) is 18.9 Å². The molecule has 2 N–H and O–H groups in total. The van der Waals surface area contributed by atoms with Gasteiger partial charge in [0.15, 0.2) is 0 Å². The molecule has 0 aromatic heterocycles. The van der Waals surface area contributed by atoms with Gasteiger partial charge < -0.3 is 19.2 Å². The minimum atomic E-state index is -0.966. The van der Waals surface area contributed by atoms with Crippen LogP contribution in [0.25, 0.3) is 11.1 Å². The average molecular weight is 513 g/mol. The maximum absolute atomic E-state index is 13.0. The number of anilines is 1. The van der Waals surface area contributed by atoms with E-state index in [4.69, 9.17) is 14.0 Å². The molecule has 8 heteroatoms. The Balaban J connectivity index is 1.37. The monoisotopic (exact) mass is 513 g/mol. The summed E-state index contributed by atoms with van der Waals surface area (Å²) in [4.78, 5) is 24.6. The van der Waals surface area contributed by atoms with Crippen molar-refractivity contribution < 1.29 is 28.7 Å². The summed E-state index contributed by atoms with van der Waals surface area (Å²) < 4.78 is 18.1. The fraction of sp³-hybridized carbons (Fsp3) is 0.333. The van der Waals surface area contributed by atoms with Gasteiger partial charge in [-0.05, 0) is 79.5 Å². The van der Waals surface area contributed by atoms with Gasteiger partial charge in [0.25, 0.3) is 0 Å². The molecule has 38 heavy (non-hydrogen) atoms. The number of hydrogen-bond donors (Lipinski definition) is 2. The van der Waals surface area contributed by atoms with E-state index in [1.54, 1.807) is 19.1 Å². The van der Waals surface area contributed by atoms with Crippen LogP contribution < -0.4 is 10.8 Å². The number of aliphatic carboxylic acids is 1. The van der Waals surface area contributed by atoms with E-state index < -0.39 is 30.4 Å². The lowest BCUT2D eigenvalue weighted by atomic mass is 9.77. The number of carboxylic acid groups (broad SMARTS) is 1. The second kappa shape index (κ2) is 9.60. The SMILES string of the molecule is Cc1c(CC(=O)O)cc(B2OC(C)(C)C(C)(C)O2)cc1NC(=O)OCC1c2ccccc2-c2ccccc21. The van der Waals surface area contributed by atoms with Gasteiger partial charge in [0.1, 0.15) is 6.61 Å². The van der Waals surface area contributed by atoms with Crippen LogP contribution >= 0.6 is 0 Å². The summed E-state index contributed by atoms with van der Waals surface area (Å²) in [6.07, 6.45) is -0.805. The molecule has 1 aliphatic carbocycles. The van der Waals surface area contributed by atoms with Gasteiger partial charge in [-0.2, -0.15) is 0 Å². The summed E-state index contributed by atoms with van der Waals surface area (Å²) in [7, 11) is -0.698. The molecule has 7 nitrogen and oxygen atoms in total. The summed E-state index contributed by atoms with van der Waals surface area (Å²) in [5.41, 5.74) is 5.77. The maximum Gasteiger partial charge on any atom is 0.494 e. The second-order valence-electron chi connectivity index (χ2n) is 11.0. The van der Waals surface area contributed by atoms with Crippen molar-refractivity contribution in [1.29, 1.82) is 0 Å². The number of carbonyl (C=O) groups excluding carboxylic acids is 1. The molecular formula is C30H32BNO6. The number of nitrogens with one attached hydrogen (secondary N) is 1. The zero-order valence-electron chi connectivity index (χ0n) is 22.3. The molecule has 0 saturated carbocycles. The first-order chi connectivity index (χ1) is 18.0. The Kier molecular flexibility index (Phi) is 6.57. The molecule has 0 radical (unpaired) electrons. The van der Waals surface area contributed by atoms with Gasteiger partial charge in [0.05, 0.1) is 17.6 Å². The van der Waals surface area contributed by atoms with Crippen LogP contribution in [0, 0.1) is 6.92 Å². The van der Waals surface area contributed by atoms with Crippen LogP contribution in [0.4, 0.5) is 10.5 Å². The van der Waals surface area contributed by atoms with Crippen molar-refractivity contribution >= 4 is 30.3 Å². The van der Waals surface area contributed by atoms with Gasteiger partial charge in [0, 0.05) is 11.6 Å². The summed E-state index contributed by atoms with van der Waals surface area (Å²) in [6.45, 7) is 9.78. The first-order valence-corrected chi connectivity index (χ1v) is 12.8. The molecule has 5 rings (SSSR count). The number of fused-ring (bicyclic) bond motifs is 3. The fourth-order valence-corrected chi connectivity index (χ4v) is 5.14. The van der Waals surface area contributed by atoms with Crippen LogP contribution in [0.15, 0.2) is 60.7 Å². The lowest BCUT2D eigenvalue weighted by Gasteiger charge is -2.32. The van der Waals surface area contributed by atoms with Crippen LogP contribution in [-0.4, -0.2) is 42.1 Å². The highest BCUT2D eigenvalue weighted by Gasteiger charge is 2.52. The van der Waals surface area contributed by atoms with E-state index in [2.05, 4.69) is 29.6 Å². The standard InChI is InChI=1S/C30H32BNO6/c1-18-19(15-27(33)34)14-20(31-37-29(2,3)30(4,5)38-31)16-26(18)32-28(35)36-17-25-23-12-8-6-10-21(23)22-11-7-9-13-24(22)25/h6-14,16,25H,15,17H2,1-5H3,(H,32,35)(H,33,34). The van der Waals surface area contributed by atoms with Crippen molar-refractivity contribution in [2.24, 2.45) is 0 Å². The molecular weight excluding hydrogens is 481 g/mol. The normalized spacial score (nSPS) is 17.1. The molecule has 1 fully saturated rings. The minimum Gasteiger partial charge on any atom is -0.481 e. The number of benzene rings is 3. The van der Waals surface area contributed by atoms with Crippen molar-refractivity contribution in [2.75, 3.05) is 11.9 Å². The maximum atomic E-state index is 13.0. The van der Waals surface area contributed by atoms with E-state index in [1.165, 1.54) is 0 Å². The lowest BCUT2D eigenvalue weighted by Crippen LogP contribution is -2.41.